The molecule has 0 heterocycles. The predicted molar refractivity (Wildman–Crippen MR) is 142 cm³/mol. The van der Waals surface area contributed by atoms with E-state index in [9.17, 15) is 9.59 Å². The number of ketones is 1. The zero-order valence-corrected chi connectivity index (χ0v) is 23.6. The molecule has 4 nitrogen and oxygen atoms in total. The molecule has 5 rings (SSSR count). The Hall–Kier alpha value is -2.10. The van der Waals surface area contributed by atoms with Crippen LogP contribution in [0.15, 0.2) is 46.3 Å². The summed E-state index contributed by atoms with van der Waals surface area (Å²) in [5.41, 5.74) is 5.29. The maximum atomic E-state index is 13.2. The number of fused-ring (bicyclic) bond motifs is 7. The summed E-state index contributed by atoms with van der Waals surface area (Å²) in [7, 11) is 0. The topological polar surface area (TPSA) is 52.6 Å². The van der Waals surface area contributed by atoms with Gasteiger partial charge in [-0.2, -0.15) is 0 Å². The molecule has 0 N–H and O–H groups in total. The van der Waals surface area contributed by atoms with Gasteiger partial charge < -0.3 is 9.47 Å². The number of allylic oxidation sites excluding steroid dienone is 7. The first-order chi connectivity index (χ1) is 16.7. The number of hydrogen-bond acceptors (Lipinski definition) is 4. The summed E-state index contributed by atoms with van der Waals surface area (Å²) in [5, 5.41) is 0. The SMILES string of the molecule is CCOC(=O)OC1=C(C)C2=CC=C3[C@@](C)(CC[C@@]4(C)[C@@H]5CC(C)(C)CC[C@]5(C)CC[C@]34C)C2=CC1=O. The lowest BCUT2D eigenvalue weighted by molar-refractivity contribution is -0.159. The second-order valence-electron chi connectivity index (χ2n) is 14.0. The number of ether oxygens (including phenoxy) is 2. The van der Waals surface area contributed by atoms with Crippen LogP contribution in [-0.4, -0.2) is 18.5 Å². The van der Waals surface area contributed by atoms with Gasteiger partial charge in [-0.1, -0.05) is 59.3 Å². The molecule has 0 bridgehead atoms. The van der Waals surface area contributed by atoms with Gasteiger partial charge >= 0.3 is 6.16 Å². The fourth-order valence-electron chi connectivity index (χ4n) is 8.97. The van der Waals surface area contributed by atoms with Crippen molar-refractivity contribution in [1.29, 1.82) is 0 Å². The summed E-state index contributed by atoms with van der Waals surface area (Å²) in [5.74, 6) is 0.559. The Balaban J connectivity index is 1.58. The molecule has 4 heteroatoms. The van der Waals surface area contributed by atoms with Crippen LogP contribution in [0.5, 0.6) is 0 Å². The summed E-state index contributed by atoms with van der Waals surface area (Å²) in [6.07, 6.45) is 14.1. The van der Waals surface area contributed by atoms with Crippen molar-refractivity contribution in [3.63, 3.8) is 0 Å². The molecule has 0 saturated heterocycles. The molecule has 5 atom stereocenters. The smallest absolute Gasteiger partial charge is 0.434 e. The van der Waals surface area contributed by atoms with Gasteiger partial charge in [0.15, 0.2) is 5.76 Å². The van der Waals surface area contributed by atoms with Crippen molar-refractivity contribution in [1.82, 2.24) is 0 Å². The molecule has 36 heavy (non-hydrogen) atoms. The molecule has 0 spiro atoms. The van der Waals surface area contributed by atoms with Crippen LogP contribution in [0.1, 0.15) is 100 Å². The molecule has 0 amide bonds. The van der Waals surface area contributed by atoms with E-state index in [2.05, 4.69) is 53.7 Å². The standard InChI is InChI=1S/C32H44O4/c1-9-35-27(34)36-26-20(2)21-10-11-24-30(6,22(21)18-23(26)33)15-17-32(8)25-19-28(3,4)12-13-29(25,5)14-16-31(24,32)7/h10-11,18,25H,9,12-17,19H2,1-8H3/t25-,29-,30+,31-,32+/m1/s1. The summed E-state index contributed by atoms with van der Waals surface area (Å²) < 4.78 is 10.3. The molecule has 5 aliphatic carbocycles. The summed E-state index contributed by atoms with van der Waals surface area (Å²) in [6.45, 7) is 18.8. The van der Waals surface area contributed by atoms with E-state index in [0.29, 0.717) is 16.7 Å². The maximum absolute atomic E-state index is 13.2. The Kier molecular flexibility index (Phi) is 5.64. The van der Waals surface area contributed by atoms with Gasteiger partial charge in [0, 0.05) is 11.0 Å². The normalized spacial score (nSPS) is 41.1. The number of hydrogen-bond donors (Lipinski definition) is 0. The van der Waals surface area contributed by atoms with Crippen LogP contribution < -0.4 is 0 Å². The minimum atomic E-state index is -0.822. The van der Waals surface area contributed by atoms with E-state index in [1.54, 1.807) is 13.0 Å². The minimum Gasteiger partial charge on any atom is -0.434 e. The lowest BCUT2D eigenvalue weighted by Gasteiger charge is -2.70. The van der Waals surface area contributed by atoms with Gasteiger partial charge in [0.05, 0.1) is 6.61 Å². The molecule has 3 saturated carbocycles. The molecule has 0 unspecified atom stereocenters. The van der Waals surface area contributed by atoms with Gasteiger partial charge in [-0.05, 0) is 104 Å². The average molecular weight is 493 g/mol. The van der Waals surface area contributed by atoms with Crippen molar-refractivity contribution in [3.05, 3.63) is 46.3 Å². The molecule has 0 aromatic rings. The molecule has 5 aliphatic rings. The van der Waals surface area contributed by atoms with Crippen LogP contribution in [0.2, 0.25) is 0 Å². The van der Waals surface area contributed by atoms with Crippen molar-refractivity contribution in [2.45, 2.75) is 100 Å². The largest absolute Gasteiger partial charge is 0.513 e. The van der Waals surface area contributed by atoms with E-state index in [1.165, 1.54) is 44.1 Å². The van der Waals surface area contributed by atoms with Crippen LogP contribution in [0.4, 0.5) is 4.79 Å². The summed E-state index contributed by atoms with van der Waals surface area (Å²) >= 11 is 0. The van der Waals surface area contributed by atoms with E-state index in [0.717, 1.165) is 23.1 Å². The highest BCUT2D eigenvalue weighted by Crippen LogP contribution is 2.75. The van der Waals surface area contributed by atoms with E-state index < -0.39 is 6.16 Å². The highest BCUT2D eigenvalue weighted by molar-refractivity contribution is 6.08. The fourth-order valence-corrected chi connectivity index (χ4v) is 8.97. The molecule has 0 aliphatic heterocycles. The zero-order chi connectivity index (χ0) is 26.3. The molecular weight excluding hydrogens is 448 g/mol. The zero-order valence-electron chi connectivity index (χ0n) is 23.6. The third-order valence-corrected chi connectivity index (χ3v) is 11.5. The van der Waals surface area contributed by atoms with Gasteiger partial charge in [-0.3, -0.25) is 4.79 Å². The summed E-state index contributed by atoms with van der Waals surface area (Å²) in [4.78, 5) is 25.2. The average Bonchev–Trinajstić information content (AvgIpc) is 2.80. The first-order valence-electron chi connectivity index (χ1n) is 14.0. The third-order valence-electron chi connectivity index (χ3n) is 11.5. The van der Waals surface area contributed by atoms with E-state index in [1.807, 2.05) is 6.92 Å². The van der Waals surface area contributed by atoms with Crippen molar-refractivity contribution >= 4 is 11.9 Å². The number of carbonyl (C=O) groups is 2. The molecule has 0 radical (unpaired) electrons. The monoisotopic (exact) mass is 492 g/mol. The Labute approximate surface area is 217 Å². The Morgan fingerprint density at radius 2 is 1.67 bits per heavy atom. The molecule has 196 valence electrons. The van der Waals surface area contributed by atoms with Crippen molar-refractivity contribution in [2.24, 2.45) is 33.0 Å². The number of rotatable bonds is 2. The van der Waals surface area contributed by atoms with E-state index >= 15 is 0 Å². The first-order valence-corrected chi connectivity index (χ1v) is 14.0. The van der Waals surface area contributed by atoms with Crippen LogP contribution in [0.25, 0.3) is 0 Å². The fraction of sp³-hybridized carbons (Fsp3) is 0.688. The lowest BCUT2D eigenvalue weighted by atomic mass is 9.34. The van der Waals surface area contributed by atoms with Crippen LogP contribution >= 0.6 is 0 Å². The lowest BCUT2D eigenvalue weighted by Crippen LogP contribution is -2.61. The molecule has 0 aromatic heterocycles. The first kappa shape index (κ1) is 25.5. The minimum absolute atomic E-state index is 0.0862. The van der Waals surface area contributed by atoms with E-state index in [-0.39, 0.29) is 34.4 Å². The van der Waals surface area contributed by atoms with Crippen LogP contribution in [0, 0.1) is 33.0 Å². The third kappa shape index (κ3) is 3.38. The highest BCUT2D eigenvalue weighted by Gasteiger charge is 2.66. The second-order valence-corrected chi connectivity index (χ2v) is 14.0. The van der Waals surface area contributed by atoms with Crippen molar-refractivity contribution in [2.75, 3.05) is 6.61 Å². The predicted octanol–water partition coefficient (Wildman–Crippen LogP) is 8.25. The second kappa shape index (κ2) is 7.95. The van der Waals surface area contributed by atoms with Gasteiger partial charge in [-0.25, -0.2) is 4.79 Å². The van der Waals surface area contributed by atoms with Crippen LogP contribution in [-0.2, 0) is 14.3 Å². The van der Waals surface area contributed by atoms with Crippen molar-refractivity contribution < 1.29 is 19.1 Å². The molecule has 3 fully saturated rings. The van der Waals surface area contributed by atoms with Gasteiger partial charge in [-0.15, -0.1) is 0 Å². The molecule has 0 aromatic carbocycles. The van der Waals surface area contributed by atoms with Crippen molar-refractivity contribution in [3.8, 4) is 0 Å². The maximum Gasteiger partial charge on any atom is 0.513 e. The molecular formula is C32H44O4. The van der Waals surface area contributed by atoms with Gasteiger partial charge in [0.1, 0.15) is 0 Å². The Morgan fingerprint density at radius 3 is 2.36 bits per heavy atom. The Bertz CT molecular complexity index is 1150. The summed E-state index contributed by atoms with van der Waals surface area (Å²) in [6, 6.07) is 0. The Morgan fingerprint density at radius 1 is 0.972 bits per heavy atom. The number of carbonyl (C=O) groups excluding carboxylic acids is 2. The van der Waals surface area contributed by atoms with E-state index in [4.69, 9.17) is 9.47 Å². The van der Waals surface area contributed by atoms with Gasteiger partial charge in [0.25, 0.3) is 0 Å². The highest BCUT2D eigenvalue weighted by atomic mass is 16.7. The van der Waals surface area contributed by atoms with Crippen LogP contribution in [0.3, 0.4) is 0 Å². The quantitative estimate of drug-likeness (QED) is 0.364. The van der Waals surface area contributed by atoms with Gasteiger partial charge in [0.2, 0.25) is 5.78 Å².